The number of phosphoric ester groups is 1. The number of hydrogen-bond acceptors (Lipinski definition) is 4. The molecule has 7 nitrogen and oxygen atoms in total. The molecular weight excluding hydrogens is 754 g/mol. The van der Waals surface area contributed by atoms with E-state index >= 15 is 0 Å². The van der Waals surface area contributed by atoms with Gasteiger partial charge in [-0.3, -0.25) is 9.32 Å². The van der Waals surface area contributed by atoms with Gasteiger partial charge in [0.25, 0.3) is 0 Å². The Balaban J connectivity index is 3.73. The van der Waals surface area contributed by atoms with E-state index < -0.39 is 26.6 Å². The highest BCUT2D eigenvalue weighted by molar-refractivity contribution is 7.46. The highest BCUT2D eigenvalue weighted by Gasteiger charge is 2.24. The number of carbonyl (C=O) groups excluding carboxylic acids is 1. The summed E-state index contributed by atoms with van der Waals surface area (Å²) in [4.78, 5) is 31.0. The van der Waals surface area contributed by atoms with E-state index in [4.69, 9.17) is 0 Å². The van der Waals surface area contributed by atoms with Crippen LogP contribution in [0.25, 0.3) is 0 Å². The summed E-state index contributed by atoms with van der Waals surface area (Å²) in [6, 6.07) is -0.906. The van der Waals surface area contributed by atoms with Gasteiger partial charge >= 0.3 is 7.82 Å². The van der Waals surface area contributed by atoms with Gasteiger partial charge in [-0.05, 0) is 19.3 Å². The lowest BCUT2D eigenvalue weighted by atomic mass is 10.0. The predicted molar refractivity (Wildman–Crippen MR) is 255 cm³/mol. The average Bonchev–Trinajstić information content (AvgIpc) is 3.21. The van der Waals surface area contributed by atoms with Gasteiger partial charge < -0.3 is 20.2 Å². The Morgan fingerprint density at radius 3 is 1.03 bits per heavy atom. The molecule has 0 heterocycles. The van der Waals surface area contributed by atoms with E-state index in [9.17, 15) is 24.3 Å². The first-order valence-corrected chi connectivity index (χ1v) is 27.7. The number of unbranched alkanes of at least 4 members (excludes halogenated alkanes) is 40. The molecular formula is C51H102NO6P. The van der Waals surface area contributed by atoms with Gasteiger partial charge in [0.2, 0.25) is 5.91 Å². The lowest BCUT2D eigenvalue weighted by molar-refractivity contribution is -0.123. The van der Waals surface area contributed by atoms with Gasteiger partial charge in [-0.15, -0.1) is 0 Å². The van der Waals surface area contributed by atoms with E-state index in [1.54, 1.807) is 6.08 Å². The van der Waals surface area contributed by atoms with E-state index in [1.165, 1.54) is 231 Å². The normalized spacial score (nSPS) is 13.1. The lowest BCUT2D eigenvalue weighted by Gasteiger charge is -2.22. The summed E-state index contributed by atoms with van der Waals surface area (Å²) in [6.07, 6.45) is 58.4. The molecule has 0 fully saturated rings. The van der Waals surface area contributed by atoms with E-state index in [-0.39, 0.29) is 5.91 Å². The number of aliphatic hydroxyl groups excluding tert-OH is 1. The second kappa shape index (κ2) is 46.8. The first kappa shape index (κ1) is 58.3. The maximum Gasteiger partial charge on any atom is 0.469 e. The van der Waals surface area contributed by atoms with Crippen molar-refractivity contribution in [3.05, 3.63) is 12.2 Å². The van der Waals surface area contributed by atoms with Crippen molar-refractivity contribution < 1.29 is 28.8 Å². The van der Waals surface area contributed by atoms with Gasteiger partial charge in [0.1, 0.15) is 0 Å². The second-order valence-electron chi connectivity index (χ2n) is 18.2. The molecule has 0 saturated carbocycles. The summed E-state index contributed by atoms with van der Waals surface area (Å²) in [5, 5.41) is 13.5. The first-order chi connectivity index (χ1) is 28.8. The summed E-state index contributed by atoms with van der Waals surface area (Å²) < 4.78 is 16.0. The lowest BCUT2D eigenvalue weighted by Crippen LogP contribution is -2.45. The number of phosphoric acid groups is 1. The van der Waals surface area contributed by atoms with Crippen LogP contribution >= 0.6 is 7.82 Å². The van der Waals surface area contributed by atoms with Crippen LogP contribution in [0.2, 0.25) is 0 Å². The fourth-order valence-corrected chi connectivity index (χ4v) is 8.64. The summed E-state index contributed by atoms with van der Waals surface area (Å²) in [5.74, 6) is -0.219. The Hall–Kier alpha value is -0.720. The molecule has 0 aromatic carbocycles. The third kappa shape index (κ3) is 48.2. The molecule has 352 valence electrons. The Morgan fingerprint density at radius 2 is 0.746 bits per heavy atom. The molecule has 0 saturated heterocycles. The average molecular weight is 856 g/mol. The maximum absolute atomic E-state index is 12.6. The van der Waals surface area contributed by atoms with Crippen molar-refractivity contribution in [2.75, 3.05) is 6.61 Å². The van der Waals surface area contributed by atoms with Crippen molar-refractivity contribution >= 4 is 13.7 Å². The summed E-state index contributed by atoms with van der Waals surface area (Å²) in [6.45, 7) is 4.11. The van der Waals surface area contributed by atoms with Gasteiger partial charge in [0.05, 0.1) is 18.8 Å². The van der Waals surface area contributed by atoms with Gasteiger partial charge in [0, 0.05) is 6.42 Å². The molecule has 0 aromatic rings. The van der Waals surface area contributed by atoms with Crippen molar-refractivity contribution in [2.45, 2.75) is 302 Å². The summed E-state index contributed by atoms with van der Waals surface area (Å²) in [7, 11) is -4.72. The minimum atomic E-state index is -4.72. The second-order valence-corrected chi connectivity index (χ2v) is 19.4. The number of aliphatic hydroxyl groups is 1. The van der Waals surface area contributed by atoms with Gasteiger partial charge in [-0.25, -0.2) is 4.57 Å². The molecule has 0 bridgehead atoms. The minimum Gasteiger partial charge on any atom is -0.387 e. The van der Waals surface area contributed by atoms with Crippen molar-refractivity contribution in [3.63, 3.8) is 0 Å². The number of rotatable bonds is 49. The number of amides is 1. The molecule has 0 unspecified atom stereocenters. The van der Waals surface area contributed by atoms with E-state index in [0.29, 0.717) is 6.42 Å². The fourth-order valence-electron chi connectivity index (χ4n) is 8.29. The minimum absolute atomic E-state index is 0.219. The van der Waals surface area contributed by atoms with Crippen LogP contribution in [0.3, 0.4) is 0 Å². The standard InChI is InChI=1S/C51H102NO6P/c1-3-5-7-9-11-13-15-17-19-20-21-22-23-24-25-26-27-28-29-30-31-33-35-37-39-41-43-45-47-51(54)52-49(48-58-59(55,56)57)50(53)46-44-42-40-38-36-34-32-18-16-14-12-10-8-6-4-2/h44,46,49-50,53H,3-43,45,47-48H2,1-2H3,(H,52,54)(H2,55,56,57)/b46-44+/t49-,50+/m0/s1. The number of carbonyl (C=O) groups is 1. The zero-order chi connectivity index (χ0) is 43.2. The molecule has 0 aliphatic rings. The van der Waals surface area contributed by atoms with Crippen LogP contribution < -0.4 is 5.32 Å². The van der Waals surface area contributed by atoms with Crippen LogP contribution in [0.5, 0.6) is 0 Å². The SMILES string of the molecule is CCCCCCCCCCCCCCC/C=C/[C@@H](O)[C@H](COP(=O)(O)O)NC(=O)CCCCCCCCCCCCCCCCCCCCCCCCCCCCCC. The molecule has 2 atom stereocenters. The monoisotopic (exact) mass is 856 g/mol. The summed E-state index contributed by atoms with van der Waals surface area (Å²) in [5.41, 5.74) is 0. The summed E-state index contributed by atoms with van der Waals surface area (Å²) >= 11 is 0. The maximum atomic E-state index is 12.6. The Morgan fingerprint density at radius 1 is 0.475 bits per heavy atom. The Kier molecular flexibility index (Phi) is 46.2. The molecule has 4 N–H and O–H groups in total. The predicted octanol–water partition coefficient (Wildman–Crippen LogP) is 16.3. The van der Waals surface area contributed by atoms with Crippen molar-refractivity contribution in [1.29, 1.82) is 0 Å². The van der Waals surface area contributed by atoms with Gasteiger partial charge in [0.15, 0.2) is 0 Å². The zero-order valence-corrected chi connectivity index (χ0v) is 40.3. The largest absolute Gasteiger partial charge is 0.469 e. The van der Waals surface area contributed by atoms with E-state index in [2.05, 4.69) is 23.7 Å². The molecule has 0 radical (unpaired) electrons. The van der Waals surface area contributed by atoms with Gasteiger partial charge in [-0.1, -0.05) is 276 Å². The third-order valence-electron chi connectivity index (χ3n) is 12.2. The molecule has 0 aliphatic heterocycles. The molecule has 0 aliphatic carbocycles. The zero-order valence-electron chi connectivity index (χ0n) is 39.4. The Labute approximate surface area is 367 Å². The molecule has 0 spiro atoms. The first-order valence-electron chi connectivity index (χ1n) is 26.1. The molecule has 59 heavy (non-hydrogen) atoms. The number of allylic oxidation sites excluding steroid dienone is 1. The van der Waals surface area contributed by atoms with Crippen molar-refractivity contribution in [2.24, 2.45) is 0 Å². The topological polar surface area (TPSA) is 116 Å². The molecule has 0 aromatic heterocycles. The highest BCUT2D eigenvalue weighted by Crippen LogP contribution is 2.36. The van der Waals surface area contributed by atoms with Crippen molar-refractivity contribution in [3.8, 4) is 0 Å². The molecule has 8 heteroatoms. The van der Waals surface area contributed by atoms with Crippen LogP contribution in [0, 0.1) is 0 Å². The third-order valence-corrected chi connectivity index (χ3v) is 12.7. The molecule has 1 amide bonds. The molecule has 0 rings (SSSR count). The van der Waals surface area contributed by atoms with E-state index in [0.717, 1.165) is 38.5 Å². The highest BCUT2D eigenvalue weighted by atomic mass is 31.2. The van der Waals surface area contributed by atoms with Crippen LogP contribution in [0.1, 0.15) is 290 Å². The Bertz CT molecular complexity index is 926. The van der Waals surface area contributed by atoms with Crippen LogP contribution in [0.15, 0.2) is 12.2 Å². The van der Waals surface area contributed by atoms with Crippen LogP contribution in [-0.4, -0.2) is 39.6 Å². The van der Waals surface area contributed by atoms with Crippen LogP contribution in [-0.2, 0) is 13.9 Å². The quantitative estimate of drug-likeness (QED) is 0.0275. The van der Waals surface area contributed by atoms with E-state index in [1.807, 2.05) is 6.08 Å². The van der Waals surface area contributed by atoms with Crippen LogP contribution in [0.4, 0.5) is 0 Å². The number of hydrogen-bond donors (Lipinski definition) is 4. The van der Waals surface area contributed by atoms with Gasteiger partial charge in [-0.2, -0.15) is 0 Å². The number of nitrogens with one attached hydrogen (secondary N) is 1. The smallest absolute Gasteiger partial charge is 0.387 e. The fraction of sp³-hybridized carbons (Fsp3) is 0.941. The van der Waals surface area contributed by atoms with Crippen molar-refractivity contribution in [1.82, 2.24) is 5.32 Å².